The lowest BCUT2D eigenvalue weighted by atomic mass is 10.1. The number of nitrogens with zero attached hydrogens (tertiary/aromatic N) is 2. The molecule has 0 aromatic heterocycles. The molecule has 0 saturated carbocycles. The Hall–Kier alpha value is -0.0800. The minimum absolute atomic E-state index is 0.824. The van der Waals surface area contributed by atoms with Gasteiger partial charge in [-0.2, -0.15) is 0 Å². The molecule has 2 heteroatoms. The van der Waals surface area contributed by atoms with E-state index in [0.717, 1.165) is 12.1 Å². The average Bonchev–Trinajstić information content (AvgIpc) is 2.35. The molecule has 2 rings (SSSR count). The van der Waals surface area contributed by atoms with Crippen molar-refractivity contribution in [2.24, 2.45) is 0 Å². The lowest BCUT2D eigenvalue weighted by Crippen LogP contribution is -2.11. The maximum absolute atomic E-state index is 2.42. The topological polar surface area (TPSA) is 6.02 Å². The predicted octanol–water partition coefficient (Wildman–Crippen LogP) is 0.657. The molecule has 4 atom stereocenters. The second-order valence-corrected chi connectivity index (χ2v) is 2.95. The molecule has 2 heterocycles. The fourth-order valence-electron chi connectivity index (χ4n) is 1.64. The van der Waals surface area contributed by atoms with E-state index in [0.29, 0.717) is 0 Å². The summed E-state index contributed by atoms with van der Waals surface area (Å²) in [4.78, 5) is 0. The third-order valence-electron chi connectivity index (χ3n) is 2.23. The van der Waals surface area contributed by atoms with Crippen LogP contribution >= 0.6 is 0 Å². The van der Waals surface area contributed by atoms with Crippen LogP contribution in [0.2, 0.25) is 0 Å². The van der Waals surface area contributed by atoms with Gasteiger partial charge in [0, 0.05) is 12.1 Å². The molecule has 2 aliphatic rings. The zero-order chi connectivity index (χ0) is 5.72. The SMILES string of the molecule is CC1CC(C)N2CN12. The Bertz CT molecular complexity index is 97.1. The normalized spacial score (nSPS) is 60.8. The number of hydrogen-bond donors (Lipinski definition) is 0. The number of hydrogen-bond acceptors (Lipinski definition) is 2. The molecule has 2 saturated heterocycles. The Morgan fingerprint density at radius 2 is 1.62 bits per heavy atom. The minimum atomic E-state index is 0.824. The van der Waals surface area contributed by atoms with Gasteiger partial charge in [-0.3, -0.25) is 0 Å². The molecule has 2 aliphatic heterocycles. The van der Waals surface area contributed by atoms with E-state index < -0.39 is 0 Å². The molecule has 2 fully saturated rings. The van der Waals surface area contributed by atoms with Crippen molar-refractivity contribution in [2.75, 3.05) is 6.67 Å². The van der Waals surface area contributed by atoms with Crippen LogP contribution in [0, 0.1) is 0 Å². The van der Waals surface area contributed by atoms with Crippen LogP contribution in [-0.2, 0) is 0 Å². The molecular formula is C6H12N2. The van der Waals surface area contributed by atoms with Gasteiger partial charge in [-0.05, 0) is 20.3 Å². The lowest BCUT2D eigenvalue weighted by molar-refractivity contribution is 0.326. The summed E-state index contributed by atoms with van der Waals surface area (Å²) >= 11 is 0. The van der Waals surface area contributed by atoms with Crippen molar-refractivity contribution < 1.29 is 0 Å². The van der Waals surface area contributed by atoms with E-state index in [1.807, 2.05) is 0 Å². The molecule has 0 aliphatic carbocycles. The monoisotopic (exact) mass is 112 g/mol. The van der Waals surface area contributed by atoms with Crippen LogP contribution in [0.3, 0.4) is 0 Å². The predicted molar refractivity (Wildman–Crippen MR) is 32.1 cm³/mol. The van der Waals surface area contributed by atoms with Crippen molar-refractivity contribution in [1.82, 2.24) is 10.0 Å². The molecule has 4 unspecified atom stereocenters. The highest BCUT2D eigenvalue weighted by Crippen LogP contribution is 2.33. The van der Waals surface area contributed by atoms with E-state index in [-0.39, 0.29) is 0 Å². The van der Waals surface area contributed by atoms with Gasteiger partial charge < -0.3 is 0 Å². The largest absolute Gasteiger partial charge is 0.222 e. The number of rotatable bonds is 0. The Balaban J connectivity index is 2.09. The smallest absolute Gasteiger partial charge is 0.0793 e. The van der Waals surface area contributed by atoms with Gasteiger partial charge in [0.15, 0.2) is 0 Å². The highest BCUT2D eigenvalue weighted by atomic mass is 15.9. The molecule has 0 spiro atoms. The fourth-order valence-corrected chi connectivity index (χ4v) is 1.64. The standard InChI is InChI=1S/C6H12N2/c1-5-3-6(2)8-4-7(5)8/h5-6H,3-4H2,1-2H3. The number of hydrazine groups is 1. The van der Waals surface area contributed by atoms with E-state index in [1.54, 1.807) is 0 Å². The van der Waals surface area contributed by atoms with Crippen LogP contribution in [0.15, 0.2) is 0 Å². The molecule has 2 nitrogen and oxygen atoms in total. The van der Waals surface area contributed by atoms with E-state index in [9.17, 15) is 0 Å². The van der Waals surface area contributed by atoms with Gasteiger partial charge in [-0.15, -0.1) is 0 Å². The van der Waals surface area contributed by atoms with Crippen LogP contribution in [0.1, 0.15) is 20.3 Å². The van der Waals surface area contributed by atoms with Crippen molar-refractivity contribution in [3.63, 3.8) is 0 Å². The van der Waals surface area contributed by atoms with Gasteiger partial charge >= 0.3 is 0 Å². The van der Waals surface area contributed by atoms with E-state index in [1.165, 1.54) is 13.1 Å². The Morgan fingerprint density at radius 3 is 1.75 bits per heavy atom. The van der Waals surface area contributed by atoms with Gasteiger partial charge in [0.05, 0.1) is 6.67 Å². The van der Waals surface area contributed by atoms with Gasteiger partial charge in [-0.25, -0.2) is 10.0 Å². The molecule has 0 bridgehead atoms. The van der Waals surface area contributed by atoms with Crippen LogP contribution in [0.25, 0.3) is 0 Å². The van der Waals surface area contributed by atoms with Crippen molar-refractivity contribution in [3.05, 3.63) is 0 Å². The van der Waals surface area contributed by atoms with Crippen LogP contribution in [0.5, 0.6) is 0 Å². The fraction of sp³-hybridized carbons (Fsp3) is 1.00. The third-order valence-corrected chi connectivity index (χ3v) is 2.23. The Kier molecular flexibility index (Phi) is 0.746. The van der Waals surface area contributed by atoms with E-state index >= 15 is 0 Å². The zero-order valence-corrected chi connectivity index (χ0v) is 5.46. The van der Waals surface area contributed by atoms with E-state index in [4.69, 9.17) is 0 Å². The van der Waals surface area contributed by atoms with Gasteiger partial charge in [0.1, 0.15) is 0 Å². The lowest BCUT2D eigenvalue weighted by Gasteiger charge is -2.02. The summed E-state index contributed by atoms with van der Waals surface area (Å²) in [6.07, 6.45) is 1.36. The molecule has 0 N–H and O–H groups in total. The highest BCUT2D eigenvalue weighted by molar-refractivity contribution is 4.89. The maximum atomic E-state index is 2.42. The van der Waals surface area contributed by atoms with Crippen molar-refractivity contribution in [2.45, 2.75) is 32.4 Å². The molecule has 8 heavy (non-hydrogen) atoms. The Morgan fingerprint density at radius 1 is 1.12 bits per heavy atom. The van der Waals surface area contributed by atoms with Crippen molar-refractivity contribution >= 4 is 0 Å². The average molecular weight is 112 g/mol. The van der Waals surface area contributed by atoms with Crippen molar-refractivity contribution in [3.8, 4) is 0 Å². The molecule has 46 valence electrons. The number of fused-ring (bicyclic) bond motifs is 1. The van der Waals surface area contributed by atoms with Gasteiger partial charge in [0.25, 0.3) is 0 Å². The molecular weight excluding hydrogens is 100 g/mol. The quantitative estimate of drug-likeness (QED) is 0.424. The van der Waals surface area contributed by atoms with Gasteiger partial charge in [0.2, 0.25) is 0 Å². The second-order valence-electron chi connectivity index (χ2n) is 2.95. The summed E-state index contributed by atoms with van der Waals surface area (Å²) in [5.74, 6) is 0. The van der Waals surface area contributed by atoms with Crippen LogP contribution in [-0.4, -0.2) is 28.8 Å². The molecule has 0 aromatic rings. The molecule has 0 radical (unpaired) electrons. The second kappa shape index (κ2) is 1.25. The van der Waals surface area contributed by atoms with Crippen LogP contribution < -0.4 is 0 Å². The summed E-state index contributed by atoms with van der Waals surface area (Å²) < 4.78 is 0. The highest BCUT2D eigenvalue weighted by Gasteiger charge is 2.45. The summed E-state index contributed by atoms with van der Waals surface area (Å²) in [7, 11) is 0. The first-order chi connectivity index (χ1) is 3.79. The molecule has 0 aromatic carbocycles. The maximum Gasteiger partial charge on any atom is 0.0793 e. The zero-order valence-electron chi connectivity index (χ0n) is 5.46. The molecule has 0 amide bonds. The first-order valence-electron chi connectivity index (χ1n) is 3.32. The van der Waals surface area contributed by atoms with Gasteiger partial charge in [-0.1, -0.05) is 0 Å². The summed E-state index contributed by atoms with van der Waals surface area (Å²) in [6, 6.07) is 1.65. The first-order valence-corrected chi connectivity index (χ1v) is 3.32. The summed E-state index contributed by atoms with van der Waals surface area (Å²) in [6.45, 7) is 5.81. The minimum Gasteiger partial charge on any atom is -0.222 e. The first kappa shape index (κ1) is 4.77. The third kappa shape index (κ3) is 0.446. The Labute approximate surface area is 50.0 Å². The summed E-state index contributed by atoms with van der Waals surface area (Å²) in [5.41, 5.74) is 0. The summed E-state index contributed by atoms with van der Waals surface area (Å²) in [5, 5.41) is 4.84. The van der Waals surface area contributed by atoms with E-state index in [2.05, 4.69) is 23.9 Å². The van der Waals surface area contributed by atoms with Crippen LogP contribution in [0.4, 0.5) is 0 Å². The van der Waals surface area contributed by atoms with Crippen molar-refractivity contribution in [1.29, 1.82) is 0 Å².